The fourth-order valence-corrected chi connectivity index (χ4v) is 4.75. The topological polar surface area (TPSA) is 88.4 Å². The maximum Gasteiger partial charge on any atom is 0.225 e. The third-order valence-electron chi connectivity index (χ3n) is 5.49. The molecule has 0 aliphatic carbocycles. The molecule has 1 fully saturated rings. The summed E-state index contributed by atoms with van der Waals surface area (Å²) in [6, 6.07) is 8.02. The molecular weight excluding hydrogens is 368 g/mol. The molecule has 0 amide bonds. The molecule has 3 heterocycles. The number of benzene rings is 1. The van der Waals surface area contributed by atoms with Gasteiger partial charge in [-0.15, -0.1) is 11.3 Å². The molecular formula is C20H24O6S. The van der Waals surface area contributed by atoms with Crippen molar-refractivity contribution in [3.05, 3.63) is 51.4 Å². The maximum atomic E-state index is 10.7. The third-order valence-corrected chi connectivity index (χ3v) is 6.53. The van der Waals surface area contributed by atoms with E-state index >= 15 is 0 Å². The van der Waals surface area contributed by atoms with Crippen LogP contribution in [0.5, 0.6) is 5.06 Å². The highest BCUT2D eigenvalue weighted by atomic mass is 32.1. The van der Waals surface area contributed by atoms with Gasteiger partial charge >= 0.3 is 0 Å². The molecule has 0 unspecified atom stereocenters. The number of aryl methyl sites for hydroxylation is 1. The van der Waals surface area contributed by atoms with E-state index in [1.54, 1.807) is 25.4 Å². The maximum absolute atomic E-state index is 10.7. The van der Waals surface area contributed by atoms with Crippen molar-refractivity contribution in [3.8, 4) is 5.06 Å². The first-order valence-corrected chi connectivity index (χ1v) is 9.79. The molecule has 4 rings (SSSR count). The van der Waals surface area contributed by atoms with Gasteiger partial charge in [0.25, 0.3) is 0 Å². The molecule has 2 aliphatic heterocycles. The number of methoxy groups -OCH3 is 1. The molecule has 2 aromatic rings. The average Bonchev–Trinajstić information content (AvgIpc) is 3.24. The summed E-state index contributed by atoms with van der Waals surface area (Å²) in [5.74, 6) is -1.46. The van der Waals surface area contributed by atoms with E-state index in [9.17, 15) is 15.3 Å². The lowest BCUT2D eigenvalue weighted by atomic mass is 9.86. The summed E-state index contributed by atoms with van der Waals surface area (Å²) in [5, 5.41) is 31.8. The van der Waals surface area contributed by atoms with E-state index in [1.165, 1.54) is 0 Å². The summed E-state index contributed by atoms with van der Waals surface area (Å²) in [7, 11) is 1.65. The molecule has 5 atom stereocenters. The van der Waals surface area contributed by atoms with Crippen LogP contribution < -0.4 is 4.74 Å². The van der Waals surface area contributed by atoms with Crippen LogP contribution in [-0.2, 0) is 28.3 Å². The summed E-state index contributed by atoms with van der Waals surface area (Å²) >= 11 is 1.59. The van der Waals surface area contributed by atoms with Crippen LogP contribution >= 0.6 is 11.3 Å². The Morgan fingerprint density at radius 2 is 2.00 bits per heavy atom. The van der Waals surface area contributed by atoms with E-state index < -0.39 is 30.2 Å². The number of fused-ring (bicyclic) bond motifs is 2. The van der Waals surface area contributed by atoms with E-state index in [2.05, 4.69) is 0 Å². The van der Waals surface area contributed by atoms with Crippen LogP contribution in [0.3, 0.4) is 0 Å². The second kappa shape index (κ2) is 6.84. The van der Waals surface area contributed by atoms with Crippen LogP contribution in [0.2, 0.25) is 0 Å². The molecule has 6 nitrogen and oxygen atoms in total. The fourth-order valence-electron chi connectivity index (χ4n) is 3.91. The van der Waals surface area contributed by atoms with Crippen molar-refractivity contribution in [1.82, 2.24) is 0 Å². The first-order valence-electron chi connectivity index (χ1n) is 8.97. The van der Waals surface area contributed by atoms with Gasteiger partial charge in [-0.25, -0.2) is 0 Å². The molecule has 0 saturated carbocycles. The lowest BCUT2D eigenvalue weighted by Gasteiger charge is -2.45. The van der Waals surface area contributed by atoms with Crippen LogP contribution in [0.1, 0.15) is 34.1 Å². The molecule has 1 aromatic carbocycles. The summed E-state index contributed by atoms with van der Waals surface area (Å²) in [6.07, 6.45) is -3.82. The Balaban J connectivity index is 1.72. The largest absolute Gasteiger partial charge is 0.487 e. The van der Waals surface area contributed by atoms with E-state index in [-0.39, 0.29) is 6.61 Å². The minimum atomic E-state index is -1.46. The van der Waals surface area contributed by atoms with Crippen LogP contribution in [-0.4, -0.2) is 46.8 Å². The second-order valence-electron chi connectivity index (χ2n) is 7.24. The highest BCUT2D eigenvalue weighted by Gasteiger charge is 2.57. The average molecular weight is 392 g/mol. The number of rotatable bonds is 3. The van der Waals surface area contributed by atoms with Gasteiger partial charge in [-0.05, 0) is 48.7 Å². The zero-order chi connectivity index (χ0) is 19.3. The molecule has 0 bridgehead atoms. The third kappa shape index (κ3) is 2.99. The number of aliphatic hydroxyl groups is 3. The number of ether oxygens (including phenoxy) is 3. The Morgan fingerprint density at radius 3 is 2.70 bits per heavy atom. The predicted molar refractivity (Wildman–Crippen MR) is 99.9 cm³/mol. The van der Waals surface area contributed by atoms with Gasteiger partial charge in [-0.1, -0.05) is 6.07 Å². The number of hydrogen-bond donors (Lipinski definition) is 3. The van der Waals surface area contributed by atoms with Gasteiger partial charge in [0.15, 0.2) is 5.06 Å². The highest BCUT2D eigenvalue weighted by molar-refractivity contribution is 7.13. The standard InChI is InChI=1S/C20H24O6S/c1-10-6-13-9-25-20(19(23)18(22)17(21)11(2)26-20)15(13)8-12(10)7-14-4-5-16(24-3)27-14/h4-6,8,11,17-19,21-23H,7,9H2,1-3H3/t11-,17-,18+,19-,20+/m1/s1. The summed E-state index contributed by atoms with van der Waals surface area (Å²) in [4.78, 5) is 1.16. The van der Waals surface area contributed by atoms with Gasteiger partial charge in [0.05, 0.1) is 19.8 Å². The number of thiophene rings is 1. The molecule has 3 N–H and O–H groups in total. The number of aliphatic hydroxyl groups excluding tert-OH is 3. The van der Waals surface area contributed by atoms with Crippen LogP contribution in [0.15, 0.2) is 24.3 Å². The highest BCUT2D eigenvalue weighted by Crippen LogP contribution is 2.46. The zero-order valence-electron chi connectivity index (χ0n) is 15.5. The van der Waals surface area contributed by atoms with Gasteiger partial charge in [-0.3, -0.25) is 0 Å². The monoisotopic (exact) mass is 392 g/mol. The summed E-state index contributed by atoms with van der Waals surface area (Å²) in [6.45, 7) is 4.00. The van der Waals surface area contributed by atoms with Crippen molar-refractivity contribution < 1.29 is 29.5 Å². The Bertz CT molecular complexity index is 849. The van der Waals surface area contributed by atoms with E-state index in [4.69, 9.17) is 14.2 Å². The quantitative estimate of drug-likeness (QED) is 0.739. The SMILES string of the molecule is COc1ccc(Cc2cc3c(cc2C)CO[C@]32O[C@H](C)[C@@H](O)[C@H](O)[C@H]2O)s1. The molecule has 1 spiro atoms. The summed E-state index contributed by atoms with van der Waals surface area (Å²) in [5.41, 5.74) is 3.86. The Kier molecular flexibility index (Phi) is 4.78. The molecule has 1 saturated heterocycles. The number of hydrogen-bond acceptors (Lipinski definition) is 7. The van der Waals surface area contributed by atoms with Gasteiger partial charge < -0.3 is 29.5 Å². The van der Waals surface area contributed by atoms with E-state index in [0.29, 0.717) is 0 Å². The molecule has 27 heavy (non-hydrogen) atoms. The summed E-state index contributed by atoms with van der Waals surface area (Å²) < 4.78 is 17.1. The van der Waals surface area contributed by atoms with Gasteiger partial charge in [-0.2, -0.15) is 0 Å². The van der Waals surface area contributed by atoms with Crippen LogP contribution in [0.25, 0.3) is 0 Å². The van der Waals surface area contributed by atoms with Crippen molar-refractivity contribution in [2.45, 2.75) is 57.1 Å². The molecule has 1 aromatic heterocycles. The first-order chi connectivity index (χ1) is 12.9. The molecule has 2 aliphatic rings. The van der Waals surface area contributed by atoms with Crippen molar-refractivity contribution in [2.75, 3.05) is 7.11 Å². The van der Waals surface area contributed by atoms with Gasteiger partial charge in [0.2, 0.25) is 5.79 Å². The van der Waals surface area contributed by atoms with E-state index in [0.717, 1.165) is 38.6 Å². The van der Waals surface area contributed by atoms with Crippen molar-refractivity contribution >= 4 is 11.3 Å². The van der Waals surface area contributed by atoms with Gasteiger partial charge in [0.1, 0.15) is 18.3 Å². The Morgan fingerprint density at radius 1 is 1.22 bits per heavy atom. The van der Waals surface area contributed by atoms with E-state index in [1.807, 2.05) is 31.2 Å². The molecule has 0 radical (unpaired) electrons. The van der Waals surface area contributed by atoms with Crippen LogP contribution in [0.4, 0.5) is 0 Å². The first kappa shape index (κ1) is 18.9. The van der Waals surface area contributed by atoms with Crippen molar-refractivity contribution in [1.29, 1.82) is 0 Å². The lowest BCUT2D eigenvalue weighted by Crippen LogP contribution is -2.62. The second-order valence-corrected chi connectivity index (χ2v) is 8.37. The van der Waals surface area contributed by atoms with Gasteiger partial charge in [0, 0.05) is 16.9 Å². The predicted octanol–water partition coefficient (Wildman–Crippen LogP) is 1.84. The van der Waals surface area contributed by atoms with Crippen molar-refractivity contribution in [3.63, 3.8) is 0 Å². The Labute approximate surface area is 161 Å². The molecule has 146 valence electrons. The minimum Gasteiger partial charge on any atom is -0.487 e. The normalized spacial score (nSPS) is 32.7. The fraction of sp³-hybridized carbons (Fsp3) is 0.500. The van der Waals surface area contributed by atoms with Crippen LogP contribution in [0, 0.1) is 6.92 Å². The lowest BCUT2D eigenvalue weighted by molar-refractivity contribution is -0.362. The zero-order valence-corrected chi connectivity index (χ0v) is 16.3. The van der Waals surface area contributed by atoms with Crippen molar-refractivity contribution in [2.24, 2.45) is 0 Å². The minimum absolute atomic E-state index is 0.288. The Hall–Kier alpha value is -1.48. The smallest absolute Gasteiger partial charge is 0.225 e. The molecule has 7 heteroatoms.